The lowest BCUT2D eigenvalue weighted by atomic mass is 9.96. The maximum Gasteiger partial charge on any atom is 0.258 e. The summed E-state index contributed by atoms with van der Waals surface area (Å²) in [5.74, 6) is 1.27. The first-order valence-electron chi connectivity index (χ1n) is 8.81. The van der Waals surface area contributed by atoms with Gasteiger partial charge in [-0.3, -0.25) is 0 Å². The molecule has 1 N–H and O–H groups in total. The highest BCUT2D eigenvalue weighted by molar-refractivity contribution is 5.73. The Morgan fingerprint density at radius 2 is 2.08 bits per heavy atom. The Morgan fingerprint density at radius 1 is 1.12 bits per heavy atom. The number of nitrogens with one attached hydrogen (secondary N) is 1. The van der Waals surface area contributed by atoms with Crippen molar-refractivity contribution in [3.63, 3.8) is 0 Å². The normalized spacial score (nSPS) is 13.8. The van der Waals surface area contributed by atoms with Crippen LogP contribution in [0.1, 0.15) is 17.0 Å². The van der Waals surface area contributed by atoms with Crippen molar-refractivity contribution in [2.45, 2.75) is 25.9 Å². The summed E-state index contributed by atoms with van der Waals surface area (Å²) in [5.41, 5.74) is 5.55. The van der Waals surface area contributed by atoms with Gasteiger partial charge in [0.2, 0.25) is 0 Å². The lowest BCUT2D eigenvalue weighted by Crippen LogP contribution is -2.24. The molecule has 0 saturated carbocycles. The van der Waals surface area contributed by atoms with Crippen molar-refractivity contribution < 1.29 is 4.52 Å². The van der Waals surface area contributed by atoms with E-state index in [0.717, 1.165) is 36.1 Å². The zero-order valence-corrected chi connectivity index (χ0v) is 14.2. The monoisotopic (exact) mass is 346 g/mol. The quantitative estimate of drug-likeness (QED) is 0.611. The molecule has 0 radical (unpaired) electrons. The van der Waals surface area contributed by atoms with Crippen molar-refractivity contribution in [2.75, 3.05) is 6.54 Å². The summed E-state index contributed by atoms with van der Waals surface area (Å²) < 4.78 is 7.41. The van der Waals surface area contributed by atoms with Crippen LogP contribution in [0, 0.1) is 0 Å². The van der Waals surface area contributed by atoms with Crippen LogP contribution in [0.3, 0.4) is 0 Å². The number of benzene rings is 2. The molecule has 7 nitrogen and oxygen atoms in total. The van der Waals surface area contributed by atoms with Crippen LogP contribution in [-0.4, -0.2) is 31.7 Å². The molecule has 2 aromatic heterocycles. The van der Waals surface area contributed by atoms with E-state index in [9.17, 15) is 0 Å². The highest BCUT2D eigenvalue weighted by Crippen LogP contribution is 2.27. The number of aryl methyl sites for hydroxylation is 2. The summed E-state index contributed by atoms with van der Waals surface area (Å²) in [4.78, 5) is 4.60. The summed E-state index contributed by atoms with van der Waals surface area (Å²) in [6.45, 7) is 2.51. The number of hydrogen-bond donors (Lipinski definition) is 1. The van der Waals surface area contributed by atoms with Crippen molar-refractivity contribution in [1.29, 1.82) is 0 Å². The maximum absolute atomic E-state index is 5.54. The van der Waals surface area contributed by atoms with Gasteiger partial charge in [-0.25, -0.2) is 4.68 Å². The first-order valence-corrected chi connectivity index (χ1v) is 8.81. The Bertz CT molecular complexity index is 1070. The van der Waals surface area contributed by atoms with E-state index >= 15 is 0 Å². The van der Waals surface area contributed by atoms with Gasteiger partial charge in [0.15, 0.2) is 5.82 Å². The largest absolute Gasteiger partial charge is 0.334 e. The summed E-state index contributed by atoms with van der Waals surface area (Å²) >= 11 is 0. The fourth-order valence-corrected chi connectivity index (χ4v) is 3.47. The molecule has 5 rings (SSSR count). The molecule has 0 bridgehead atoms. The molecule has 0 amide bonds. The first-order chi connectivity index (χ1) is 12.9. The van der Waals surface area contributed by atoms with E-state index in [1.807, 2.05) is 35.0 Å². The van der Waals surface area contributed by atoms with E-state index in [1.165, 1.54) is 11.1 Å². The third kappa shape index (κ3) is 2.66. The minimum atomic E-state index is 0.587. The second-order valence-corrected chi connectivity index (χ2v) is 6.44. The van der Waals surface area contributed by atoms with Gasteiger partial charge in [-0.15, -0.1) is 5.10 Å². The topological polar surface area (TPSA) is 81.7 Å². The van der Waals surface area contributed by atoms with Gasteiger partial charge in [0.05, 0.1) is 12.1 Å². The highest BCUT2D eigenvalue weighted by Gasteiger charge is 2.18. The molecule has 3 heterocycles. The molecule has 0 spiro atoms. The zero-order valence-electron chi connectivity index (χ0n) is 14.2. The Hall–Kier alpha value is -3.06. The van der Waals surface area contributed by atoms with Crippen molar-refractivity contribution in [1.82, 2.24) is 30.5 Å². The predicted molar refractivity (Wildman–Crippen MR) is 96.4 cm³/mol. The third-order valence-corrected chi connectivity index (χ3v) is 4.81. The van der Waals surface area contributed by atoms with E-state index in [1.54, 1.807) is 0 Å². The fourth-order valence-electron chi connectivity index (χ4n) is 3.47. The van der Waals surface area contributed by atoms with E-state index in [0.29, 0.717) is 24.7 Å². The molecule has 2 aromatic carbocycles. The third-order valence-electron chi connectivity index (χ3n) is 4.81. The molecule has 4 aromatic rings. The molecule has 26 heavy (non-hydrogen) atoms. The van der Waals surface area contributed by atoms with Crippen LogP contribution in [-0.2, 0) is 25.9 Å². The molecule has 130 valence electrons. The summed E-state index contributed by atoms with van der Waals surface area (Å²) in [5, 5.41) is 15.9. The van der Waals surface area contributed by atoms with Crippen LogP contribution in [0.2, 0.25) is 0 Å². The van der Waals surface area contributed by atoms with Gasteiger partial charge in [0.25, 0.3) is 5.89 Å². The van der Waals surface area contributed by atoms with Gasteiger partial charge in [0, 0.05) is 18.5 Å². The molecule has 1 aliphatic rings. The van der Waals surface area contributed by atoms with E-state index in [2.05, 4.69) is 37.9 Å². The maximum atomic E-state index is 5.54. The summed E-state index contributed by atoms with van der Waals surface area (Å²) in [6, 6.07) is 14.2. The second kappa shape index (κ2) is 6.34. The molecule has 0 aliphatic carbocycles. The van der Waals surface area contributed by atoms with Crippen molar-refractivity contribution in [3.05, 3.63) is 59.4 Å². The van der Waals surface area contributed by atoms with Crippen molar-refractivity contribution in [3.8, 4) is 11.5 Å². The summed E-state index contributed by atoms with van der Waals surface area (Å²) in [6.07, 6.45) is 1.67. The van der Waals surface area contributed by atoms with Crippen LogP contribution in [0.5, 0.6) is 0 Å². The average molecular weight is 346 g/mol. The molecular formula is C19H18N6O. The van der Waals surface area contributed by atoms with Gasteiger partial charge >= 0.3 is 0 Å². The van der Waals surface area contributed by atoms with Gasteiger partial charge in [-0.1, -0.05) is 34.6 Å². The lowest BCUT2D eigenvalue weighted by Gasteiger charge is -2.18. The number of aromatic nitrogens is 5. The van der Waals surface area contributed by atoms with Gasteiger partial charge in [0.1, 0.15) is 5.52 Å². The summed E-state index contributed by atoms with van der Waals surface area (Å²) in [7, 11) is 0. The molecule has 0 atom stereocenters. The molecule has 0 unspecified atom stereocenters. The predicted octanol–water partition coefficient (Wildman–Crippen LogP) is 2.37. The van der Waals surface area contributed by atoms with Crippen molar-refractivity contribution in [2.24, 2.45) is 0 Å². The Morgan fingerprint density at radius 3 is 3.08 bits per heavy atom. The number of para-hydroxylation sites is 1. The van der Waals surface area contributed by atoms with Crippen LogP contribution in [0.15, 0.2) is 47.0 Å². The molecule has 7 heteroatoms. The Kier molecular flexibility index (Phi) is 3.71. The molecule has 0 fully saturated rings. The molecular weight excluding hydrogens is 328 g/mol. The fraction of sp³-hybridized carbons (Fsp3) is 0.263. The smallest absolute Gasteiger partial charge is 0.258 e. The highest BCUT2D eigenvalue weighted by atomic mass is 16.5. The van der Waals surface area contributed by atoms with Gasteiger partial charge < -0.3 is 9.84 Å². The lowest BCUT2D eigenvalue weighted by molar-refractivity contribution is 0.419. The minimum absolute atomic E-state index is 0.587. The van der Waals surface area contributed by atoms with E-state index < -0.39 is 0 Å². The second-order valence-electron chi connectivity index (χ2n) is 6.44. The standard InChI is InChI=1S/C19H18N6O/c1-2-7-17-16(6-1)22-24-25(17)11-9-18-21-19(26-23-18)14-5-3-4-13-8-10-20-12-15(13)14/h1-7,20H,8-12H2. The average Bonchev–Trinajstić information content (AvgIpc) is 3.33. The van der Waals surface area contributed by atoms with E-state index in [4.69, 9.17) is 4.52 Å². The van der Waals surface area contributed by atoms with Crippen molar-refractivity contribution >= 4 is 11.0 Å². The molecule has 0 saturated heterocycles. The van der Waals surface area contributed by atoms with E-state index in [-0.39, 0.29) is 0 Å². The van der Waals surface area contributed by atoms with Crippen LogP contribution in [0.25, 0.3) is 22.5 Å². The van der Waals surface area contributed by atoms with Gasteiger partial charge in [-0.2, -0.15) is 4.98 Å². The number of nitrogens with zero attached hydrogens (tertiary/aromatic N) is 5. The first kappa shape index (κ1) is 15.2. The Balaban J connectivity index is 1.38. The number of rotatable bonds is 4. The Labute approximate surface area is 150 Å². The van der Waals surface area contributed by atoms with Crippen LogP contribution < -0.4 is 5.32 Å². The minimum Gasteiger partial charge on any atom is -0.334 e. The zero-order chi connectivity index (χ0) is 17.3. The number of hydrogen-bond acceptors (Lipinski definition) is 6. The van der Waals surface area contributed by atoms with Gasteiger partial charge in [-0.05, 0) is 42.3 Å². The number of fused-ring (bicyclic) bond motifs is 2. The molecule has 1 aliphatic heterocycles. The SMILES string of the molecule is c1cc2c(c(-c3nc(CCn4nnc5ccccc54)no3)c1)CNCC2. The van der Waals surface area contributed by atoms with Crippen LogP contribution in [0.4, 0.5) is 0 Å². The van der Waals surface area contributed by atoms with Crippen LogP contribution >= 0.6 is 0 Å².